The number of esters is 1. The molecule has 1 aliphatic heterocycles. The van der Waals surface area contributed by atoms with Crippen molar-refractivity contribution in [2.75, 3.05) is 0 Å². The molecule has 0 amide bonds. The predicted octanol–water partition coefficient (Wildman–Crippen LogP) is 5.65. The lowest BCUT2D eigenvalue weighted by atomic mass is 10.0. The van der Waals surface area contributed by atoms with Crippen LogP contribution in [0.3, 0.4) is 0 Å². The van der Waals surface area contributed by atoms with Gasteiger partial charge in [-0.05, 0) is 30.3 Å². The summed E-state index contributed by atoms with van der Waals surface area (Å²) < 4.78 is 38.6. The third-order valence-electron chi connectivity index (χ3n) is 4.59. The second kappa shape index (κ2) is 7.33. The smallest absolute Gasteiger partial charge is 0.387 e. The average molecular weight is 472 g/mol. The topological polar surface area (TPSA) is 53.4 Å². The van der Waals surface area contributed by atoms with Crippen molar-refractivity contribution in [1.29, 1.82) is 0 Å². The molecule has 1 aromatic heterocycles. The molecule has 0 unspecified atom stereocenters. The van der Waals surface area contributed by atoms with Gasteiger partial charge in [0, 0.05) is 28.4 Å². The maximum Gasteiger partial charge on any atom is 0.387 e. The van der Waals surface area contributed by atoms with Crippen LogP contribution in [0.4, 0.5) is 8.78 Å². The molecule has 0 N–H and O–H groups in total. The lowest BCUT2D eigenvalue weighted by Crippen LogP contribution is -2.11. The molecular weight excluding hydrogens is 458 g/mol. The largest absolute Gasteiger partial charge is 0.454 e. The second-order valence-electron chi connectivity index (χ2n) is 6.35. The van der Waals surface area contributed by atoms with Gasteiger partial charge in [-0.3, -0.25) is 4.79 Å². The minimum atomic E-state index is -2.97. The van der Waals surface area contributed by atoms with Crippen molar-refractivity contribution < 1.29 is 23.0 Å². The highest BCUT2D eigenvalue weighted by atomic mass is 79.9. The molecule has 0 spiro atoms. The Bertz CT molecular complexity index is 1070. The summed E-state index contributed by atoms with van der Waals surface area (Å²) in [6.45, 7) is -1.65. The Morgan fingerprint density at radius 1 is 1.36 bits per heavy atom. The van der Waals surface area contributed by atoms with Crippen molar-refractivity contribution in [3.8, 4) is 5.75 Å². The van der Waals surface area contributed by atoms with E-state index in [1.165, 1.54) is 13.0 Å². The highest BCUT2D eigenvalue weighted by Crippen LogP contribution is 2.47. The Labute approximate surface area is 172 Å². The van der Waals surface area contributed by atoms with E-state index < -0.39 is 24.7 Å². The molecule has 9 heteroatoms. The zero-order chi connectivity index (χ0) is 20.0. The normalized spacial score (nSPS) is 18.5. The Kier molecular flexibility index (Phi) is 5.01. The van der Waals surface area contributed by atoms with Crippen molar-refractivity contribution in [3.05, 3.63) is 57.3 Å². The number of fused-ring (bicyclic) bond motifs is 3. The Morgan fingerprint density at radius 3 is 2.86 bits per heavy atom. The molecule has 28 heavy (non-hydrogen) atoms. The Balaban J connectivity index is 1.92. The van der Waals surface area contributed by atoms with Gasteiger partial charge in [-0.25, -0.2) is 4.98 Å². The van der Waals surface area contributed by atoms with E-state index in [4.69, 9.17) is 21.1 Å². The number of hydrogen-bond acceptors (Lipinski definition) is 4. The molecule has 2 aromatic carbocycles. The monoisotopic (exact) mass is 470 g/mol. The Morgan fingerprint density at radius 2 is 2.14 bits per heavy atom. The SMILES string of the molecule is CC(=O)O[C@@H]1C[C@H](c2c(Br)cccc2OC(F)F)n2c1nc1ccc(Cl)cc12. The average Bonchev–Trinajstić information content (AvgIpc) is 3.12. The number of alkyl halides is 2. The fourth-order valence-corrected chi connectivity index (χ4v) is 4.42. The zero-order valence-corrected chi connectivity index (χ0v) is 16.9. The molecule has 0 saturated heterocycles. The number of carbonyl (C=O) groups is 1. The van der Waals surface area contributed by atoms with Crippen LogP contribution in [-0.2, 0) is 9.53 Å². The van der Waals surface area contributed by atoms with Gasteiger partial charge in [0.25, 0.3) is 0 Å². The van der Waals surface area contributed by atoms with E-state index in [9.17, 15) is 13.6 Å². The molecular formula is C19H14BrClF2N2O3. The molecule has 5 nitrogen and oxygen atoms in total. The van der Waals surface area contributed by atoms with E-state index in [2.05, 4.69) is 20.9 Å². The van der Waals surface area contributed by atoms with Crippen molar-refractivity contribution in [3.63, 3.8) is 0 Å². The first-order valence-corrected chi connectivity index (χ1v) is 9.60. The number of aromatic nitrogens is 2. The molecule has 0 aliphatic carbocycles. The third-order valence-corrected chi connectivity index (χ3v) is 5.51. The van der Waals surface area contributed by atoms with Gasteiger partial charge in [0.05, 0.1) is 17.1 Å². The number of nitrogens with zero attached hydrogens (tertiary/aromatic N) is 2. The third kappa shape index (κ3) is 3.35. The van der Waals surface area contributed by atoms with Crippen LogP contribution in [0.1, 0.15) is 36.9 Å². The maximum absolute atomic E-state index is 13.0. The van der Waals surface area contributed by atoms with E-state index in [-0.39, 0.29) is 5.75 Å². The van der Waals surface area contributed by atoms with Crippen molar-refractivity contribution in [2.45, 2.75) is 32.1 Å². The van der Waals surface area contributed by atoms with Crippen LogP contribution in [0.25, 0.3) is 11.0 Å². The van der Waals surface area contributed by atoms with Crippen LogP contribution in [0.5, 0.6) is 5.75 Å². The predicted molar refractivity (Wildman–Crippen MR) is 103 cm³/mol. The molecule has 4 rings (SSSR count). The number of halogens is 4. The van der Waals surface area contributed by atoms with E-state index in [1.807, 2.05) is 4.57 Å². The van der Waals surface area contributed by atoms with E-state index >= 15 is 0 Å². The molecule has 0 fully saturated rings. The summed E-state index contributed by atoms with van der Waals surface area (Å²) in [5.41, 5.74) is 1.92. The number of hydrogen-bond donors (Lipinski definition) is 0. The molecule has 0 bridgehead atoms. The molecule has 3 aromatic rings. The number of imidazole rings is 1. The summed E-state index contributed by atoms with van der Waals surface area (Å²) in [7, 11) is 0. The Hall–Kier alpha value is -2.19. The van der Waals surface area contributed by atoms with E-state index in [0.29, 0.717) is 32.8 Å². The molecule has 1 aliphatic rings. The summed E-state index contributed by atoms with van der Waals surface area (Å²) >= 11 is 9.61. The van der Waals surface area contributed by atoms with Crippen molar-refractivity contribution in [1.82, 2.24) is 9.55 Å². The van der Waals surface area contributed by atoms with E-state index in [0.717, 1.165) is 5.52 Å². The summed E-state index contributed by atoms with van der Waals surface area (Å²) in [5.74, 6) is 0.141. The fourth-order valence-electron chi connectivity index (χ4n) is 3.64. The van der Waals surface area contributed by atoms with Gasteiger partial charge in [-0.1, -0.05) is 33.6 Å². The lowest BCUT2D eigenvalue weighted by molar-refractivity contribution is -0.146. The van der Waals surface area contributed by atoms with Gasteiger partial charge in [0.1, 0.15) is 5.75 Å². The molecule has 0 radical (unpaired) electrons. The van der Waals surface area contributed by atoms with Crippen molar-refractivity contribution in [2.24, 2.45) is 0 Å². The quantitative estimate of drug-likeness (QED) is 0.461. The first-order valence-electron chi connectivity index (χ1n) is 8.43. The minimum absolute atomic E-state index is 0.0488. The van der Waals surface area contributed by atoms with Gasteiger partial charge in [0.2, 0.25) is 0 Å². The maximum atomic E-state index is 13.0. The fraction of sp³-hybridized carbons (Fsp3) is 0.263. The number of ether oxygens (including phenoxy) is 2. The highest BCUT2D eigenvalue weighted by molar-refractivity contribution is 9.10. The van der Waals surface area contributed by atoms with Gasteiger partial charge in [0.15, 0.2) is 11.9 Å². The minimum Gasteiger partial charge on any atom is -0.454 e. The summed E-state index contributed by atoms with van der Waals surface area (Å²) in [5, 5.41) is 0.515. The van der Waals surface area contributed by atoms with Crippen LogP contribution >= 0.6 is 27.5 Å². The van der Waals surface area contributed by atoms with Gasteiger partial charge >= 0.3 is 12.6 Å². The van der Waals surface area contributed by atoms with Gasteiger partial charge < -0.3 is 14.0 Å². The van der Waals surface area contributed by atoms with Crippen LogP contribution in [0, 0.1) is 0 Å². The van der Waals surface area contributed by atoms with Crippen molar-refractivity contribution >= 4 is 44.5 Å². The summed E-state index contributed by atoms with van der Waals surface area (Å²) in [6, 6.07) is 9.64. The molecule has 0 saturated carbocycles. The van der Waals surface area contributed by atoms with Gasteiger partial charge in [-0.15, -0.1) is 0 Å². The van der Waals surface area contributed by atoms with E-state index in [1.54, 1.807) is 30.3 Å². The highest BCUT2D eigenvalue weighted by Gasteiger charge is 2.39. The number of benzene rings is 2. The number of carbonyl (C=O) groups excluding carboxylic acids is 1. The van der Waals surface area contributed by atoms with Crippen LogP contribution in [0.2, 0.25) is 5.02 Å². The zero-order valence-electron chi connectivity index (χ0n) is 14.5. The van der Waals surface area contributed by atoms with Crippen LogP contribution < -0.4 is 4.74 Å². The first-order chi connectivity index (χ1) is 13.3. The molecule has 2 atom stereocenters. The van der Waals surface area contributed by atoms with Crippen LogP contribution in [-0.4, -0.2) is 22.1 Å². The van der Waals surface area contributed by atoms with Crippen LogP contribution in [0.15, 0.2) is 40.9 Å². The lowest BCUT2D eigenvalue weighted by Gasteiger charge is -2.20. The van der Waals surface area contributed by atoms with Gasteiger partial charge in [-0.2, -0.15) is 8.78 Å². The first kappa shape index (κ1) is 19.1. The molecule has 146 valence electrons. The summed E-state index contributed by atoms with van der Waals surface area (Å²) in [6.07, 6.45) is -0.271. The second-order valence-corrected chi connectivity index (χ2v) is 7.64. The standard InChI is InChI=1S/C19H14BrClF2N2O3/c1-9(26)27-16-8-14(17-11(20)3-2-4-15(17)28-19(22)23)25-13-7-10(21)5-6-12(13)24-18(16)25/h2-7,14,16,19H,8H2,1H3/t14-,16-/m1/s1. The molecule has 2 heterocycles. The summed E-state index contributed by atoms with van der Waals surface area (Å²) in [4.78, 5) is 16.2. The number of rotatable bonds is 4.